The molecular formula is C17H19N3O. The lowest BCUT2D eigenvalue weighted by molar-refractivity contribution is 0.275. The van der Waals surface area contributed by atoms with Crippen LogP contribution < -0.4 is 5.73 Å². The van der Waals surface area contributed by atoms with Gasteiger partial charge in [0.05, 0.1) is 23.7 Å². The Morgan fingerprint density at radius 3 is 2.52 bits per heavy atom. The van der Waals surface area contributed by atoms with Gasteiger partial charge in [0.1, 0.15) is 5.82 Å². The number of para-hydroxylation sites is 2. The molecule has 21 heavy (non-hydrogen) atoms. The highest BCUT2D eigenvalue weighted by atomic mass is 16.3. The van der Waals surface area contributed by atoms with Crippen molar-refractivity contribution in [3.63, 3.8) is 0 Å². The highest BCUT2D eigenvalue weighted by Gasteiger charge is 2.16. The van der Waals surface area contributed by atoms with Crippen molar-refractivity contribution in [2.75, 3.05) is 6.61 Å². The Bertz CT molecular complexity index is 721. The van der Waals surface area contributed by atoms with Crippen LogP contribution in [0.3, 0.4) is 0 Å². The summed E-state index contributed by atoms with van der Waals surface area (Å²) in [4.78, 5) is 4.65. The number of hydrogen-bond donors (Lipinski definition) is 2. The summed E-state index contributed by atoms with van der Waals surface area (Å²) in [5, 5.41) is 9.30. The van der Waals surface area contributed by atoms with E-state index in [0.717, 1.165) is 23.3 Å². The Morgan fingerprint density at radius 2 is 1.76 bits per heavy atom. The molecule has 0 amide bonds. The molecule has 0 saturated heterocycles. The van der Waals surface area contributed by atoms with Crippen LogP contribution in [0.15, 0.2) is 54.6 Å². The molecule has 0 aliphatic rings. The van der Waals surface area contributed by atoms with Crippen LogP contribution in [0.4, 0.5) is 0 Å². The van der Waals surface area contributed by atoms with E-state index in [-0.39, 0.29) is 12.6 Å². The third kappa shape index (κ3) is 2.82. The summed E-state index contributed by atoms with van der Waals surface area (Å²) in [6.07, 6.45) is 0.732. The van der Waals surface area contributed by atoms with Crippen LogP contribution in [0.25, 0.3) is 11.0 Å². The van der Waals surface area contributed by atoms with Crippen LogP contribution in [0.2, 0.25) is 0 Å². The number of benzene rings is 2. The summed E-state index contributed by atoms with van der Waals surface area (Å²) in [6.45, 7) is 0.587. The van der Waals surface area contributed by atoms with Crippen molar-refractivity contribution in [1.82, 2.24) is 9.55 Å². The van der Waals surface area contributed by atoms with E-state index >= 15 is 0 Å². The van der Waals surface area contributed by atoms with E-state index in [1.807, 2.05) is 47.0 Å². The quantitative estimate of drug-likeness (QED) is 0.754. The summed E-state index contributed by atoms with van der Waals surface area (Å²) in [6, 6.07) is 17.9. The highest BCUT2D eigenvalue weighted by Crippen LogP contribution is 2.22. The van der Waals surface area contributed by atoms with Gasteiger partial charge in [0.25, 0.3) is 0 Å². The molecule has 1 atom stereocenters. The Balaban J connectivity index is 1.96. The van der Waals surface area contributed by atoms with Crippen molar-refractivity contribution in [1.29, 1.82) is 0 Å². The second-order valence-electron chi connectivity index (χ2n) is 5.13. The maximum atomic E-state index is 9.30. The number of fused-ring (bicyclic) bond motifs is 1. The fourth-order valence-electron chi connectivity index (χ4n) is 2.67. The van der Waals surface area contributed by atoms with Crippen molar-refractivity contribution in [3.8, 4) is 0 Å². The molecule has 4 nitrogen and oxygen atoms in total. The van der Waals surface area contributed by atoms with E-state index in [2.05, 4.69) is 17.1 Å². The normalized spacial score (nSPS) is 12.7. The topological polar surface area (TPSA) is 64.1 Å². The zero-order chi connectivity index (χ0) is 14.7. The smallest absolute Gasteiger partial charge is 0.127 e. The molecule has 4 heteroatoms. The van der Waals surface area contributed by atoms with E-state index < -0.39 is 0 Å². The fraction of sp³-hybridized carbons (Fsp3) is 0.235. The first-order valence-corrected chi connectivity index (χ1v) is 7.15. The van der Waals surface area contributed by atoms with E-state index in [1.54, 1.807) is 0 Å². The highest BCUT2D eigenvalue weighted by molar-refractivity contribution is 5.76. The lowest BCUT2D eigenvalue weighted by atomic mass is 10.1. The monoisotopic (exact) mass is 281 g/mol. The number of nitrogens with zero attached hydrogens (tertiary/aromatic N) is 2. The fourth-order valence-corrected chi connectivity index (χ4v) is 2.67. The van der Waals surface area contributed by atoms with Crippen LogP contribution in [0.1, 0.15) is 17.4 Å². The summed E-state index contributed by atoms with van der Waals surface area (Å²) in [7, 11) is 0. The second-order valence-corrected chi connectivity index (χ2v) is 5.13. The first kappa shape index (κ1) is 13.8. The third-order valence-electron chi connectivity index (χ3n) is 3.64. The van der Waals surface area contributed by atoms with E-state index in [1.165, 1.54) is 5.56 Å². The van der Waals surface area contributed by atoms with Gasteiger partial charge in [-0.2, -0.15) is 0 Å². The number of aliphatic hydroxyl groups excluding tert-OH is 1. The maximum absolute atomic E-state index is 9.30. The summed E-state index contributed by atoms with van der Waals surface area (Å²) in [5.41, 5.74) is 9.48. The van der Waals surface area contributed by atoms with Gasteiger partial charge in [-0.25, -0.2) is 4.98 Å². The van der Waals surface area contributed by atoms with Gasteiger partial charge in [-0.3, -0.25) is 0 Å². The molecule has 1 heterocycles. The molecule has 0 saturated carbocycles. The van der Waals surface area contributed by atoms with Gasteiger partial charge in [-0.05, 0) is 24.1 Å². The van der Waals surface area contributed by atoms with Gasteiger partial charge in [-0.1, -0.05) is 42.5 Å². The Labute approximate surface area is 123 Å². The van der Waals surface area contributed by atoms with Crippen LogP contribution in [0.5, 0.6) is 0 Å². The Kier molecular flexibility index (Phi) is 3.99. The molecular weight excluding hydrogens is 262 g/mol. The minimum atomic E-state index is -0.189. The molecule has 0 aliphatic carbocycles. The SMILES string of the molecule is NC(Cc1ccccc1)c1nc2ccccc2n1CCO. The van der Waals surface area contributed by atoms with Crippen LogP contribution in [0, 0.1) is 0 Å². The average Bonchev–Trinajstić information content (AvgIpc) is 2.88. The molecule has 1 aromatic heterocycles. The molecule has 3 rings (SSSR count). The molecule has 0 spiro atoms. The van der Waals surface area contributed by atoms with Gasteiger partial charge < -0.3 is 15.4 Å². The zero-order valence-corrected chi connectivity index (χ0v) is 11.8. The second kappa shape index (κ2) is 6.08. The average molecular weight is 281 g/mol. The molecule has 0 bridgehead atoms. The standard InChI is InChI=1S/C17H19N3O/c18-14(12-13-6-2-1-3-7-13)17-19-15-8-4-5-9-16(15)20(17)10-11-21/h1-9,14,21H,10-12,18H2. The lowest BCUT2D eigenvalue weighted by Gasteiger charge is -2.14. The van der Waals surface area contributed by atoms with Crippen molar-refractivity contribution >= 4 is 11.0 Å². The van der Waals surface area contributed by atoms with Gasteiger partial charge in [0.2, 0.25) is 0 Å². The number of aromatic nitrogens is 2. The number of aliphatic hydroxyl groups is 1. The number of rotatable bonds is 5. The van der Waals surface area contributed by atoms with Crippen molar-refractivity contribution in [3.05, 3.63) is 66.0 Å². The molecule has 0 fully saturated rings. The predicted molar refractivity (Wildman–Crippen MR) is 83.9 cm³/mol. The van der Waals surface area contributed by atoms with Gasteiger partial charge in [0.15, 0.2) is 0 Å². The van der Waals surface area contributed by atoms with Crippen LogP contribution in [-0.4, -0.2) is 21.3 Å². The largest absolute Gasteiger partial charge is 0.395 e. The number of hydrogen-bond acceptors (Lipinski definition) is 3. The predicted octanol–water partition coefficient (Wildman–Crippen LogP) is 2.27. The molecule has 1 unspecified atom stereocenters. The molecule has 0 aliphatic heterocycles. The van der Waals surface area contributed by atoms with Crippen LogP contribution in [-0.2, 0) is 13.0 Å². The van der Waals surface area contributed by atoms with Crippen LogP contribution >= 0.6 is 0 Å². The van der Waals surface area contributed by atoms with Crippen molar-refractivity contribution in [2.45, 2.75) is 19.0 Å². The number of imidazole rings is 1. The third-order valence-corrected chi connectivity index (χ3v) is 3.64. The molecule has 3 N–H and O–H groups in total. The van der Waals surface area contributed by atoms with E-state index in [9.17, 15) is 5.11 Å². The van der Waals surface area contributed by atoms with Crippen molar-refractivity contribution < 1.29 is 5.11 Å². The van der Waals surface area contributed by atoms with Crippen molar-refractivity contribution in [2.24, 2.45) is 5.73 Å². The molecule has 0 radical (unpaired) electrons. The lowest BCUT2D eigenvalue weighted by Crippen LogP contribution is -2.20. The number of nitrogens with two attached hydrogens (primary N) is 1. The van der Waals surface area contributed by atoms with E-state index in [4.69, 9.17) is 5.73 Å². The summed E-state index contributed by atoms with van der Waals surface area (Å²) in [5.74, 6) is 0.828. The first-order valence-electron chi connectivity index (χ1n) is 7.15. The molecule has 108 valence electrons. The minimum Gasteiger partial charge on any atom is -0.395 e. The first-order chi connectivity index (χ1) is 10.3. The van der Waals surface area contributed by atoms with Gasteiger partial charge >= 0.3 is 0 Å². The summed E-state index contributed by atoms with van der Waals surface area (Å²) >= 11 is 0. The minimum absolute atomic E-state index is 0.0748. The zero-order valence-electron chi connectivity index (χ0n) is 11.8. The van der Waals surface area contributed by atoms with Gasteiger partial charge in [-0.15, -0.1) is 0 Å². The molecule has 3 aromatic rings. The maximum Gasteiger partial charge on any atom is 0.127 e. The molecule has 2 aromatic carbocycles. The summed E-state index contributed by atoms with van der Waals surface area (Å²) < 4.78 is 2.02. The van der Waals surface area contributed by atoms with E-state index in [0.29, 0.717) is 6.54 Å². The Hall–Kier alpha value is -2.17. The van der Waals surface area contributed by atoms with Gasteiger partial charge in [0, 0.05) is 6.54 Å². The Morgan fingerprint density at radius 1 is 1.05 bits per heavy atom.